The predicted molar refractivity (Wildman–Crippen MR) is 68.4 cm³/mol. The van der Waals surface area contributed by atoms with E-state index >= 15 is 0 Å². The molecule has 0 aliphatic rings. The maximum atomic E-state index is 13.5. The summed E-state index contributed by atoms with van der Waals surface area (Å²) in [6.45, 7) is 0. The Labute approximate surface area is 105 Å². The summed E-state index contributed by atoms with van der Waals surface area (Å²) in [6.07, 6.45) is 2.45. The van der Waals surface area contributed by atoms with Gasteiger partial charge in [-0.15, -0.1) is 0 Å². The van der Waals surface area contributed by atoms with Gasteiger partial charge in [-0.25, -0.2) is 4.39 Å². The Morgan fingerprint density at radius 2 is 2.06 bits per heavy atom. The lowest BCUT2D eigenvalue weighted by molar-refractivity contribution is 0.103. The number of ketones is 1. The number of pyridine rings is 1. The van der Waals surface area contributed by atoms with Crippen LogP contribution in [0.1, 0.15) is 15.9 Å². The van der Waals surface area contributed by atoms with Crippen molar-refractivity contribution in [3.63, 3.8) is 0 Å². The molecule has 2 aromatic rings. The first-order valence-corrected chi connectivity index (χ1v) is 5.51. The molecule has 92 valence electrons. The van der Waals surface area contributed by atoms with Crippen LogP contribution >= 0.6 is 0 Å². The molecule has 2 rings (SSSR count). The summed E-state index contributed by atoms with van der Waals surface area (Å²) in [4.78, 5) is 17.7. The normalized spacial score (nSPS) is 10.2. The van der Waals surface area contributed by atoms with Gasteiger partial charge in [-0.3, -0.25) is 9.78 Å². The molecule has 18 heavy (non-hydrogen) atoms. The number of halogens is 1. The zero-order valence-electron chi connectivity index (χ0n) is 10.2. The van der Waals surface area contributed by atoms with E-state index in [9.17, 15) is 9.18 Å². The molecule has 0 atom stereocenters. The number of hydrogen-bond acceptors (Lipinski definition) is 3. The summed E-state index contributed by atoms with van der Waals surface area (Å²) >= 11 is 0. The Balaban J connectivity index is 2.41. The average Bonchev–Trinajstić information content (AvgIpc) is 2.38. The van der Waals surface area contributed by atoms with Crippen LogP contribution < -0.4 is 4.90 Å². The van der Waals surface area contributed by atoms with Gasteiger partial charge >= 0.3 is 0 Å². The lowest BCUT2D eigenvalue weighted by Crippen LogP contribution is -2.10. The van der Waals surface area contributed by atoms with Gasteiger partial charge in [0.05, 0.1) is 11.8 Å². The number of carbonyl (C=O) groups is 1. The molecular formula is C14H13FN2O. The molecule has 3 nitrogen and oxygen atoms in total. The summed E-state index contributed by atoms with van der Waals surface area (Å²) in [6, 6.07) is 8.47. The predicted octanol–water partition coefficient (Wildman–Crippen LogP) is 2.52. The van der Waals surface area contributed by atoms with Crippen LogP contribution in [0, 0.1) is 5.82 Å². The standard InChI is InChI=1S/C14H13FN2O/c1-17(2)11-5-3-4-10(8-11)14(18)12-6-7-16-9-13(12)15/h3-9H,1-2H3. The fraction of sp³-hybridized carbons (Fsp3) is 0.143. The largest absolute Gasteiger partial charge is 0.378 e. The number of nitrogens with zero attached hydrogens (tertiary/aromatic N) is 2. The molecule has 0 saturated carbocycles. The van der Waals surface area contributed by atoms with Crippen LogP contribution in [-0.4, -0.2) is 24.9 Å². The smallest absolute Gasteiger partial charge is 0.196 e. The lowest BCUT2D eigenvalue weighted by atomic mass is 10.0. The van der Waals surface area contributed by atoms with Gasteiger partial charge in [0.1, 0.15) is 0 Å². The van der Waals surface area contributed by atoms with Crippen molar-refractivity contribution in [2.45, 2.75) is 0 Å². The number of rotatable bonds is 3. The summed E-state index contributed by atoms with van der Waals surface area (Å²) in [7, 11) is 3.77. The second-order valence-corrected chi connectivity index (χ2v) is 4.13. The van der Waals surface area contributed by atoms with E-state index in [0.29, 0.717) is 5.56 Å². The SMILES string of the molecule is CN(C)c1cccc(C(=O)c2ccncc2F)c1. The van der Waals surface area contributed by atoms with Crippen molar-refractivity contribution in [3.05, 3.63) is 59.7 Å². The van der Waals surface area contributed by atoms with Crippen molar-refractivity contribution in [3.8, 4) is 0 Å². The number of hydrogen-bond donors (Lipinski definition) is 0. The molecule has 0 amide bonds. The van der Waals surface area contributed by atoms with Crippen molar-refractivity contribution in [1.82, 2.24) is 4.98 Å². The Morgan fingerprint density at radius 1 is 1.28 bits per heavy atom. The zero-order valence-corrected chi connectivity index (χ0v) is 10.2. The molecule has 1 heterocycles. The third-order valence-electron chi connectivity index (χ3n) is 2.64. The van der Waals surface area contributed by atoms with Crippen molar-refractivity contribution in [1.29, 1.82) is 0 Å². The third-order valence-corrected chi connectivity index (χ3v) is 2.64. The zero-order chi connectivity index (χ0) is 13.1. The van der Waals surface area contributed by atoms with Crippen molar-refractivity contribution >= 4 is 11.5 Å². The van der Waals surface area contributed by atoms with E-state index in [1.165, 1.54) is 12.3 Å². The van der Waals surface area contributed by atoms with E-state index < -0.39 is 5.82 Å². The molecule has 0 N–H and O–H groups in total. The molecule has 4 heteroatoms. The van der Waals surface area contributed by atoms with Crippen molar-refractivity contribution < 1.29 is 9.18 Å². The molecule has 0 aliphatic heterocycles. The summed E-state index contributed by atoms with van der Waals surface area (Å²) in [5.74, 6) is -0.934. The fourth-order valence-electron chi connectivity index (χ4n) is 1.64. The minimum Gasteiger partial charge on any atom is -0.378 e. The average molecular weight is 244 g/mol. The molecule has 0 spiro atoms. The van der Waals surface area contributed by atoms with E-state index in [1.807, 2.05) is 25.1 Å². The number of aromatic nitrogens is 1. The van der Waals surface area contributed by atoms with Crippen LogP contribution in [0.25, 0.3) is 0 Å². The molecule has 0 unspecified atom stereocenters. The first-order valence-electron chi connectivity index (χ1n) is 5.51. The topological polar surface area (TPSA) is 33.2 Å². The van der Waals surface area contributed by atoms with Gasteiger partial charge in [-0.05, 0) is 18.2 Å². The third kappa shape index (κ3) is 2.37. The lowest BCUT2D eigenvalue weighted by Gasteiger charge is -2.13. The molecule has 1 aromatic heterocycles. The second kappa shape index (κ2) is 4.96. The van der Waals surface area contributed by atoms with Crippen molar-refractivity contribution in [2.24, 2.45) is 0 Å². The highest BCUT2D eigenvalue weighted by Crippen LogP contribution is 2.17. The molecule has 0 saturated heterocycles. The van der Waals surface area contributed by atoms with Crippen LogP contribution in [0.2, 0.25) is 0 Å². The van der Waals surface area contributed by atoms with Crippen LogP contribution in [-0.2, 0) is 0 Å². The maximum absolute atomic E-state index is 13.5. The van der Waals surface area contributed by atoms with Gasteiger partial charge in [0.15, 0.2) is 11.6 Å². The maximum Gasteiger partial charge on any atom is 0.196 e. The second-order valence-electron chi connectivity index (χ2n) is 4.13. The van der Waals surface area contributed by atoms with E-state index in [2.05, 4.69) is 4.98 Å². The minimum absolute atomic E-state index is 0.0425. The highest BCUT2D eigenvalue weighted by Gasteiger charge is 2.14. The number of anilines is 1. The Bertz CT molecular complexity index is 582. The quantitative estimate of drug-likeness (QED) is 0.778. The van der Waals surface area contributed by atoms with Gasteiger partial charge in [0.25, 0.3) is 0 Å². The summed E-state index contributed by atoms with van der Waals surface area (Å²) < 4.78 is 13.5. The number of benzene rings is 1. The minimum atomic E-state index is -0.599. The fourth-order valence-corrected chi connectivity index (χ4v) is 1.64. The van der Waals surface area contributed by atoms with Crippen LogP contribution in [0.5, 0.6) is 0 Å². The van der Waals surface area contributed by atoms with Crippen LogP contribution in [0.4, 0.5) is 10.1 Å². The summed E-state index contributed by atoms with van der Waals surface area (Å²) in [5, 5.41) is 0. The van der Waals surface area contributed by atoms with Crippen molar-refractivity contribution in [2.75, 3.05) is 19.0 Å². The highest BCUT2D eigenvalue weighted by molar-refractivity contribution is 6.09. The van der Waals surface area contributed by atoms with Gasteiger partial charge < -0.3 is 4.90 Å². The van der Waals surface area contributed by atoms with Gasteiger partial charge in [0, 0.05) is 31.5 Å². The highest BCUT2D eigenvalue weighted by atomic mass is 19.1. The molecular weight excluding hydrogens is 231 g/mol. The van der Waals surface area contributed by atoms with Crippen LogP contribution in [0.3, 0.4) is 0 Å². The van der Waals surface area contributed by atoms with Gasteiger partial charge in [0.2, 0.25) is 0 Å². The van der Waals surface area contributed by atoms with E-state index in [-0.39, 0.29) is 11.3 Å². The number of carbonyl (C=O) groups excluding carboxylic acids is 1. The van der Waals surface area contributed by atoms with Crippen LogP contribution in [0.15, 0.2) is 42.7 Å². The molecule has 0 aliphatic carbocycles. The Kier molecular flexibility index (Phi) is 3.37. The Hall–Kier alpha value is -2.23. The van der Waals surface area contributed by atoms with Gasteiger partial charge in [-0.1, -0.05) is 12.1 Å². The molecule has 0 fully saturated rings. The molecule has 0 radical (unpaired) electrons. The van der Waals surface area contributed by atoms with E-state index in [4.69, 9.17) is 0 Å². The first kappa shape index (κ1) is 12.2. The Morgan fingerprint density at radius 3 is 2.72 bits per heavy atom. The first-order chi connectivity index (χ1) is 8.59. The monoisotopic (exact) mass is 244 g/mol. The van der Waals surface area contributed by atoms with Gasteiger partial charge in [-0.2, -0.15) is 0 Å². The van der Waals surface area contributed by atoms with E-state index in [1.54, 1.807) is 18.2 Å². The summed E-state index contributed by atoms with van der Waals surface area (Å²) in [5.41, 5.74) is 1.41. The molecule has 1 aromatic carbocycles. The van der Waals surface area contributed by atoms with E-state index in [0.717, 1.165) is 11.9 Å². The molecule has 0 bridgehead atoms.